The first-order valence-electron chi connectivity index (χ1n) is 11.1. The lowest BCUT2D eigenvalue weighted by molar-refractivity contribution is -0.118. The Labute approximate surface area is 201 Å². The van der Waals surface area contributed by atoms with Crippen molar-refractivity contribution in [2.75, 3.05) is 5.32 Å². The summed E-state index contributed by atoms with van der Waals surface area (Å²) in [7, 11) is 0. The molecule has 1 atom stereocenters. The average Bonchev–Trinajstić information content (AvgIpc) is 3.26. The molecule has 2 aromatic carbocycles. The minimum atomic E-state index is -0.731. The van der Waals surface area contributed by atoms with Crippen LogP contribution in [-0.2, 0) is 17.6 Å². The summed E-state index contributed by atoms with van der Waals surface area (Å²) < 4.78 is 1.40. The topological polar surface area (TPSA) is 64.0 Å². The first kappa shape index (κ1) is 21.9. The molecule has 0 bridgehead atoms. The van der Waals surface area contributed by atoms with Crippen molar-refractivity contribution in [3.63, 3.8) is 0 Å². The number of nitrogens with one attached hydrogen (secondary N) is 1. The zero-order valence-corrected chi connectivity index (χ0v) is 20.1. The molecular weight excluding hydrogens is 454 g/mol. The fourth-order valence-electron chi connectivity index (χ4n) is 4.38. The highest BCUT2D eigenvalue weighted by atomic mass is 35.5. The summed E-state index contributed by atoms with van der Waals surface area (Å²) in [6, 6.07) is 11.1. The predicted molar refractivity (Wildman–Crippen MR) is 135 cm³/mol. The lowest BCUT2D eigenvalue weighted by Crippen LogP contribution is -2.31. The summed E-state index contributed by atoms with van der Waals surface area (Å²) in [6.07, 6.45) is 6.09. The third-order valence-electron chi connectivity index (χ3n) is 6.41. The van der Waals surface area contributed by atoms with Crippen LogP contribution in [0.3, 0.4) is 0 Å². The molecule has 0 spiro atoms. The minimum absolute atomic E-state index is 0.210. The summed E-state index contributed by atoms with van der Waals surface area (Å²) in [5, 5.41) is 5.99. The molecule has 168 valence electrons. The van der Waals surface area contributed by atoms with E-state index in [0.29, 0.717) is 20.9 Å². The van der Waals surface area contributed by atoms with E-state index < -0.39 is 6.04 Å². The molecule has 5 rings (SSSR count). The van der Waals surface area contributed by atoms with Gasteiger partial charge in [-0.3, -0.25) is 14.2 Å². The van der Waals surface area contributed by atoms with E-state index in [9.17, 15) is 9.59 Å². The second-order valence-corrected chi connectivity index (χ2v) is 9.87. The number of rotatable bonds is 4. The number of amides is 1. The quantitative estimate of drug-likeness (QED) is 0.382. The van der Waals surface area contributed by atoms with Crippen molar-refractivity contribution >= 4 is 44.7 Å². The van der Waals surface area contributed by atoms with Gasteiger partial charge >= 0.3 is 0 Å². The first-order chi connectivity index (χ1) is 15.9. The van der Waals surface area contributed by atoms with Gasteiger partial charge in [-0.15, -0.1) is 11.3 Å². The molecule has 1 aliphatic rings. The van der Waals surface area contributed by atoms with Crippen molar-refractivity contribution in [3.8, 4) is 11.1 Å². The molecule has 0 saturated heterocycles. The Morgan fingerprint density at radius 3 is 2.73 bits per heavy atom. The Morgan fingerprint density at radius 1 is 1.15 bits per heavy atom. The van der Waals surface area contributed by atoms with Gasteiger partial charge in [-0.05, 0) is 73.9 Å². The smallest absolute Gasteiger partial charge is 0.263 e. The molecule has 7 heteroatoms. The predicted octanol–water partition coefficient (Wildman–Crippen LogP) is 6.17. The van der Waals surface area contributed by atoms with E-state index in [2.05, 4.69) is 28.5 Å². The van der Waals surface area contributed by atoms with Crippen molar-refractivity contribution in [1.29, 1.82) is 0 Å². The highest BCUT2D eigenvalue weighted by Gasteiger charge is 2.21. The van der Waals surface area contributed by atoms with Crippen LogP contribution >= 0.6 is 22.9 Å². The average molecular weight is 478 g/mol. The molecular formula is C26H24ClN3O2S. The van der Waals surface area contributed by atoms with Crippen molar-refractivity contribution in [2.45, 2.75) is 45.6 Å². The van der Waals surface area contributed by atoms with E-state index in [1.54, 1.807) is 19.1 Å². The molecule has 33 heavy (non-hydrogen) atoms. The lowest BCUT2D eigenvalue weighted by atomic mass is 9.89. The molecule has 2 aromatic heterocycles. The Morgan fingerprint density at radius 2 is 1.94 bits per heavy atom. The number of carbonyl (C=O) groups excluding carboxylic acids is 1. The molecule has 1 aliphatic carbocycles. The Bertz CT molecular complexity index is 1440. The second-order valence-electron chi connectivity index (χ2n) is 8.61. The van der Waals surface area contributed by atoms with Gasteiger partial charge in [0.05, 0.1) is 11.7 Å². The van der Waals surface area contributed by atoms with E-state index in [-0.39, 0.29) is 11.5 Å². The van der Waals surface area contributed by atoms with Gasteiger partial charge in [-0.2, -0.15) is 0 Å². The van der Waals surface area contributed by atoms with Gasteiger partial charge in [0.1, 0.15) is 10.9 Å². The van der Waals surface area contributed by atoms with E-state index in [1.807, 2.05) is 18.4 Å². The van der Waals surface area contributed by atoms with E-state index in [4.69, 9.17) is 11.6 Å². The van der Waals surface area contributed by atoms with Gasteiger partial charge in [-0.1, -0.05) is 35.9 Å². The third-order valence-corrected chi connectivity index (χ3v) is 7.71. The molecule has 4 aromatic rings. The van der Waals surface area contributed by atoms with Crippen molar-refractivity contribution in [1.82, 2.24) is 9.55 Å². The van der Waals surface area contributed by atoms with Crippen LogP contribution in [0, 0.1) is 6.92 Å². The Hall–Kier alpha value is -2.96. The number of halogens is 1. The molecule has 1 amide bonds. The maximum Gasteiger partial charge on any atom is 0.263 e. The van der Waals surface area contributed by atoms with E-state index >= 15 is 0 Å². The number of aromatic nitrogens is 2. The first-order valence-corrected chi connectivity index (χ1v) is 12.4. The van der Waals surface area contributed by atoms with Crippen LogP contribution in [0.15, 0.2) is 52.9 Å². The van der Waals surface area contributed by atoms with Gasteiger partial charge in [0.15, 0.2) is 0 Å². The molecule has 1 N–H and O–H groups in total. The van der Waals surface area contributed by atoms with Gasteiger partial charge in [0.25, 0.3) is 5.56 Å². The highest BCUT2D eigenvalue weighted by molar-refractivity contribution is 7.17. The van der Waals surface area contributed by atoms with Crippen molar-refractivity contribution < 1.29 is 4.79 Å². The molecule has 2 heterocycles. The molecule has 0 saturated carbocycles. The largest absolute Gasteiger partial charge is 0.324 e. The summed E-state index contributed by atoms with van der Waals surface area (Å²) in [6.45, 7) is 3.60. The van der Waals surface area contributed by atoms with Gasteiger partial charge in [-0.25, -0.2) is 4.98 Å². The Balaban J connectivity index is 1.50. The van der Waals surface area contributed by atoms with Gasteiger partial charge in [0, 0.05) is 21.7 Å². The zero-order chi connectivity index (χ0) is 23.1. The fraction of sp³-hybridized carbons (Fsp3) is 0.269. The van der Waals surface area contributed by atoms with Crippen LogP contribution in [0.1, 0.15) is 42.5 Å². The van der Waals surface area contributed by atoms with Crippen LogP contribution in [-0.4, -0.2) is 15.5 Å². The minimum Gasteiger partial charge on any atom is -0.324 e. The van der Waals surface area contributed by atoms with Crippen molar-refractivity contribution in [3.05, 3.63) is 80.2 Å². The molecule has 0 aliphatic heterocycles. The van der Waals surface area contributed by atoms with Crippen LogP contribution in [0.2, 0.25) is 5.02 Å². The van der Waals surface area contributed by atoms with Crippen molar-refractivity contribution in [2.24, 2.45) is 0 Å². The van der Waals surface area contributed by atoms with E-state index in [0.717, 1.165) is 29.5 Å². The van der Waals surface area contributed by atoms with Gasteiger partial charge in [0.2, 0.25) is 5.91 Å². The summed E-state index contributed by atoms with van der Waals surface area (Å²) in [5.41, 5.74) is 6.00. The number of fused-ring (bicyclic) bond motifs is 2. The highest BCUT2D eigenvalue weighted by Crippen LogP contribution is 2.33. The number of benzene rings is 2. The standard InChI is InChI=1S/C26H24ClN3O2S/c1-15-7-10-20(12-22(15)27)29-24(31)16(2)30-14-28-25-23(26(30)32)21(13-33-25)19-9-8-17-5-3-4-6-18(17)11-19/h7-14,16H,3-6H2,1-2H3,(H,29,31). The number of thiophene rings is 1. The second kappa shape index (κ2) is 8.76. The van der Waals surface area contributed by atoms with Crippen LogP contribution in [0.4, 0.5) is 5.69 Å². The summed E-state index contributed by atoms with van der Waals surface area (Å²) >= 11 is 7.63. The lowest BCUT2D eigenvalue weighted by Gasteiger charge is -2.17. The van der Waals surface area contributed by atoms with E-state index in [1.165, 1.54) is 46.2 Å². The maximum absolute atomic E-state index is 13.5. The SMILES string of the molecule is Cc1ccc(NC(=O)C(C)n2cnc3scc(-c4ccc5c(c4)CCCC5)c3c2=O)cc1Cl. The van der Waals surface area contributed by atoms with Crippen LogP contribution < -0.4 is 10.9 Å². The number of hydrogen-bond donors (Lipinski definition) is 1. The summed E-state index contributed by atoms with van der Waals surface area (Å²) in [5.74, 6) is -0.302. The number of carbonyl (C=O) groups is 1. The molecule has 5 nitrogen and oxygen atoms in total. The third kappa shape index (κ3) is 4.09. The zero-order valence-electron chi connectivity index (χ0n) is 18.5. The Kier molecular flexibility index (Phi) is 5.81. The summed E-state index contributed by atoms with van der Waals surface area (Å²) in [4.78, 5) is 31.6. The van der Waals surface area contributed by atoms with Crippen LogP contribution in [0.5, 0.6) is 0 Å². The molecule has 1 unspecified atom stereocenters. The normalized spacial score (nSPS) is 14.2. The van der Waals surface area contributed by atoms with Crippen LogP contribution in [0.25, 0.3) is 21.3 Å². The molecule has 0 fully saturated rings. The monoisotopic (exact) mass is 477 g/mol. The van der Waals surface area contributed by atoms with Gasteiger partial charge < -0.3 is 5.32 Å². The number of nitrogens with zero attached hydrogens (tertiary/aromatic N) is 2. The number of hydrogen-bond acceptors (Lipinski definition) is 4. The molecule has 0 radical (unpaired) electrons. The number of aryl methyl sites for hydroxylation is 3. The maximum atomic E-state index is 13.5. The fourth-order valence-corrected chi connectivity index (χ4v) is 5.47. The number of anilines is 1.